The summed E-state index contributed by atoms with van der Waals surface area (Å²) >= 11 is 0. The van der Waals surface area contributed by atoms with Crippen LogP contribution in [0.4, 0.5) is 0 Å². The Morgan fingerprint density at radius 3 is 2.41 bits per heavy atom. The van der Waals surface area contributed by atoms with Crippen molar-refractivity contribution >= 4 is 10.8 Å². The molecule has 0 aliphatic carbocycles. The van der Waals surface area contributed by atoms with Crippen molar-refractivity contribution in [2.45, 2.75) is 33.1 Å². The summed E-state index contributed by atoms with van der Waals surface area (Å²) in [4.78, 5) is 4.42. The molecule has 2 nitrogen and oxygen atoms in total. The highest BCUT2D eigenvalue weighted by atomic mass is 16.5. The van der Waals surface area contributed by atoms with Crippen molar-refractivity contribution in [1.82, 2.24) is 4.98 Å². The molecule has 17 heavy (non-hydrogen) atoms. The first kappa shape index (κ1) is 11.9. The molecular weight excluding hydrogens is 210 g/mol. The van der Waals surface area contributed by atoms with E-state index in [1.54, 1.807) is 7.11 Å². The number of fused-ring (bicyclic) bond motifs is 1. The molecule has 2 rings (SSSR count). The minimum atomic E-state index is 0.123. The fourth-order valence-corrected chi connectivity index (χ4v) is 2.18. The number of hydrogen-bond donors (Lipinski definition) is 0. The van der Waals surface area contributed by atoms with Crippen molar-refractivity contribution in [3.05, 3.63) is 35.5 Å². The summed E-state index contributed by atoms with van der Waals surface area (Å²) in [5, 5.41) is 2.33. The van der Waals surface area contributed by atoms with Crippen LogP contribution in [0.15, 0.2) is 24.3 Å². The first-order valence-electron chi connectivity index (χ1n) is 5.88. The first-order valence-corrected chi connectivity index (χ1v) is 5.88. The van der Waals surface area contributed by atoms with E-state index >= 15 is 0 Å². The maximum atomic E-state index is 5.36. The molecule has 0 saturated carbocycles. The van der Waals surface area contributed by atoms with Crippen molar-refractivity contribution in [3.63, 3.8) is 0 Å². The SMILES string of the molecule is COc1nc(C)cc2c(C(C)(C)C)cccc12. The third-order valence-electron chi connectivity index (χ3n) is 2.97. The van der Waals surface area contributed by atoms with E-state index in [4.69, 9.17) is 4.74 Å². The minimum absolute atomic E-state index is 0.123. The maximum absolute atomic E-state index is 5.36. The number of hydrogen-bond acceptors (Lipinski definition) is 2. The van der Waals surface area contributed by atoms with Gasteiger partial charge in [0.15, 0.2) is 0 Å². The predicted octanol–water partition coefficient (Wildman–Crippen LogP) is 3.85. The Hall–Kier alpha value is -1.57. The molecule has 0 aliphatic heterocycles. The standard InChI is InChI=1S/C15H19NO/c1-10-9-12-11(14(16-10)17-5)7-6-8-13(12)15(2,3)4/h6-9H,1-5H3. The lowest BCUT2D eigenvalue weighted by Crippen LogP contribution is -2.11. The molecule has 90 valence electrons. The van der Waals surface area contributed by atoms with Crippen LogP contribution in [0.3, 0.4) is 0 Å². The van der Waals surface area contributed by atoms with Gasteiger partial charge in [-0.15, -0.1) is 0 Å². The van der Waals surface area contributed by atoms with E-state index in [-0.39, 0.29) is 5.41 Å². The number of rotatable bonds is 1. The topological polar surface area (TPSA) is 22.1 Å². The zero-order valence-electron chi connectivity index (χ0n) is 11.2. The maximum Gasteiger partial charge on any atom is 0.221 e. The molecule has 0 fully saturated rings. The Balaban J connectivity index is 2.85. The van der Waals surface area contributed by atoms with Crippen LogP contribution in [0.5, 0.6) is 5.88 Å². The molecule has 2 aromatic rings. The van der Waals surface area contributed by atoms with Crippen LogP contribution in [0, 0.1) is 6.92 Å². The van der Waals surface area contributed by atoms with Gasteiger partial charge >= 0.3 is 0 Å². The lowest BCUT2D eigenvalue weighted by molar-refractivity contribution is 0.402. The molecule has 0 bridgehead atoms. The summed E-state index contributed by atoms with van der Waals surface area (Å²) in [5.74, 6) is 0.714. The number of benzene rings is 1. The van der Waals surface area contributed by atoms with Gasteiger partial charge in [0.1, 0.15) is 0 Å². The number of pyridine rings is 1. The molecule has 0 N–H and O–H groups in total. The summed E-state index contributed by atoms with van der Waals surface area (Å²) in [5.41, 5.74) is 2.45. The third kappa shape index (κ3) is 2.12. The average Bonchev–Trinajstić information content (AvgIpc) is 2.25. The van der Waals surface area contributed by atoms with Crippen LogP contribution in [-0.2, 0) is 5.41 Å². The van der Waals surface area contributed by atoms with Crippen molar-refractivity contribution in [1.29, 1.82) is 0 Å². The van der Waals surface area contributed by atoms with Crippen LogP contribution in [0.2, 0.25) is 0 Å². The van der Waals surface area contributed by atoms with Gasteiger partial charge in [0.05, 0.1) is 7.11 Å². The highest BCUT2D eigenvalue weighted by molar-refractivity contribution is 5.90. The number of nitrogens with zero attached hydrogens (tertiary/aromatic N) is 1. The van der Waals surface area contributed by atoms with Gasteiger partial charge in [-0.2, -0.15) is 0 Å². The summed E-state index contributed by atoms with van der Waals surface area (Å²) in [7, 11) is 1.67. The van der Waals surface area contributed by atoms with Crippen LogP contribution in [0.25, 0.3) is 10.8 Å². The molecule has 0 aliphatic rings. The number of aryl methyl sites for hydroxylation is 1. The number of ether oxygens (including phenoxy) is 1. The van der Waals surface area contributed by atoms with Crippen molar-refractivity contribution in [2.75, 3.05) is 7.11 Å². The molecule has 0 unspecified atom stereocenters. The highest BCUT2D eigenvalue weighted by Gasteiger charge is 2.18. The Morgan fingerprint density at radius 2 is 1.82 bits per heavy atom. The molecule has 1 heterocycles. The van der Waals surface area contributed by atoms with E-state index in [1.807, 2.05) is 6.92 Å². The van der Waals surface area contributed by atoms with Gasteiger partial charge in [-0.1, -0.05) is 32.9 Å². The Bertz CT molecular complexity index is 553. The summed E-state index contributed by atoms with van der Waals surface area (Å²) < 4.78 is 5.36. The molecule has 0 radical (unpaired) electrons. The Kier molecular flexibility index (Phi) is 2.82. The minimum Gasteiger partial charge on any atom is -0.481 e. The van der Waals surface area contributed by atoms with Gasteiger partial charge in [-0.05, 0) is 35.4 Å². The average molecular weight is 229 g/mol. The van der Waals surface area contributed by atoms with Gasteiger partial charge in [0.2, 0.25) is 5.88 Å². The lowest BCUT2D eigenvalue weighted by Gasteiger charge is -2.22. The zero-order chi connectivity index (χ0) is 12.6. The molecule has 1 aromatic carbocycles. The van der Waals surface area contributed by atoms with Gasteiger partial charge in [-0.3, -0.25) is 0 Å². The molecule has 0 atom stereocenters. The quantitative estimate of drug-likeness (QED) is 0.741. The van der Waals surface area contributed by atoms with Crippen LogP contribution in [0.1, 0.15) is 32.0 Å². The first-order chi connectivity index (χ1) is 7.93. The van der Waals surface area contributed by atoms with Crippen molar-refractivity contribution in [2.24, 2.45) is 0 Å². The van der Waals surface area contributed by atoms with E-state index in [9.17, 15) is 0 Å². The van der Waals surface area contributed by atoms with Gasteiger partial charge in [0, 0.05) is 11.1 Å². The van der Waals surface area contributed by atoms with Crippen LogP contribution < -0.4 is 4.74 Å². The van der Waals surface area contributed by atoms with E-state index in [0.29, 0.717) is 5.88 Å². The monoisotopic (exact) mass is 229 g/mol. The molecule has 0 amide bonds. The zero-order valence-corrected chi connectivity index (χ0v) is 11.2. The van der Waals surface area contributed by atoms with Crippen LogP contribution in [-0.4, -0.2) is 12.1 Å². The second-order valence-electron chi connectivity index (χ2n) is 5.42. The Morgan fingerprint density at radius 1 is 1.12 bits per heavy atom. The van der Waals surface area contributed by atoms with Gasteiger partial charge in [0.25, 0.3) is 0 Å². The molecular formula is C15H19NO. The number of aromatic nitrogens is 1. The van der Waals surface area contributed by atoms with Gasteiger partial charge < -0.3 is 4.74 Å². The van der Waals surface area contributed by atoms with Crippen molar-refractivity contribution in [3.8, 4) is 5.88 Å². The van der Waals surface area contributed by atoms with E-state index in [0.717, 1.165) is 11.1 Å². The second kappa shape index (κ2) is 4.02. The summed E-state index contributed by atoms with van der Waals surface area (Å²) in [6, 6.07) is 8.46. The lowest BCUT2D eigenvalue weighted by atomic mass is 9.84. The molecule has 2 heteroatoms. The summed E-state index contributed by atoms with van der Waals surface area (Å²) in [6.45, 7) is 8.68. The van der Waals surface area contributed by atoms with Crippen LogP contribution >= 0.6 is 0 Å². The second-order valence-corrected chi connectivity index (χ2v) is 5.42. The Labute approximate surface area is 103 Å². The van der Waals surface area contributed by atoms with E-state index in [1.165, 1.54) is 10.9 Å². The molecule has 0 spiro atoms. The van der Waals surface area contributed by atoms with Crippen molar-refractivity contribution < 1.29 is 4.74 Å². The molecule has 0 saturated heterocycles. The normalized spacial score (nSPS) is 11.8. The fourth-order valence-electron chi connectivity index (χ4n) is 2.18. The van der Waals surface area contributed by atoms with E-state index < -0.39 is 0 Å². The third-order valence-corrected chi connectivity index (χ3v) is 2.97. The summed E-state index contributed by atoms with van der Waals surface area (Å²) in [6.07, 6.45) is 0. The van der Waals surface area contributed by atoms with Gasteiger partial charge in [-0.25, -0.2) is 4.98 Å². The highest BCUT2D eigenvalue weighted by Crippen LogP contribution is 2.33. The fraction of sp³-hybridized carbons (Fsp3) is 0.400. The van der Waals surface area contributed by atoms with E-state index in [2.05, 4.69) is 50.0 Å². The molecule has 1 aromatic heterocycles. The largest absolute Gasteiger partial charge is 0.481 e. The number of methoxy groups -OCH3 is 1. The predicted molar refractivity (Wildman–Crippen MR) is 71.7 cm³/mol. The smallest absolute Gasteiger partial charge is 0.221 e.